The lowest BCUT2D eigenvalue weighted by atomic mass is 10.0. The smallest absolute Gasteiger partial charge is 0.228 e. The minimum atomic E-state index is -0.114. The summed E-state index contributed by atoms with van der Waals surface area (Å²) in [5.74, 6) is 1.87. The van der Waals surface area contributed by atoms with Crippen LogP contribution >= 0.6 is 35.6 Å². The Bertz CT molecular complexity index is 744. The molecule has 27 heavy (non-hydrogen) atoms. The molecule has 1 saturated heterocycles. The van der Waals surface area contributed by atoms with Crippen LogP contribution in [-0.2, 0) is 11.2 Å². The van der Waals surface area contributed by atoms with Crippen molar-refractivity contribution in [2.24, 2.45) is 4.99 Å². The maximum absolute atomic E-state index is 5.89. The second-order valence-electron chi connectivity index (χ2n) is 6.52. The van der Waals surface area contributed by atoms with Crippen molar-refractivity contribution in [2.75, 3.05) is 26.7 Å². The van der Waals surface area contributed by atoms with E-state index < -0.39 is 0 Å². The predicted molar refractivity (Wildman–Crippen MR) is 117 cm³/mol. The Labute approximate surface area is 181 Å². The standard InChI is InChI=1S/C18H24ClN5O2.HI/c1-18(9-3-11-25-18)12-22-17(20-2)21-10-8-15-23-16(24-26-15)13-4-6-14(19)7-5-13;/h4-7H,3,8-12H2,1-2H3,(H2,20,21,22);1H. The summed E-state index contributed by atoms with van der Waals surface area (Å²) in [4.78, 5) is 8.64. The lowest BCUT2D eigenvalue weighted by Crippen LogP contribution is -2.45. The van der Waals surface area contributed by atoms with E-state index in [9.17, 15) is 0 Å². The van der Waals surface area contributed by atoms with Gasteiger partial charge in [0.1, 0.15) is 0 Å². The van der Waals surface area contributed by atoms with Gasteiger partial charge in [-0.3, -0.25) is 4.99 Å². The molecule has 0 amide bonds. The molecule has 0 saturated carbocycles. The van der Waals surface area contributed by atoms with E-state index in [-0.39, 0.29) is 29.6 Å². The molecule has 9 heteroatoms. The lowest BCUT2D eigenvalue weighted by molar-refractivity contribution is 0.0243. The molecule has 2 aromatic rings. The first-order valence-electron chi connectivity index (χ1n) is 8.75. The second-order valence-corrected chi connectivity index (χ2v) is 6.96. The van der Waals surface area contributed by atoms with Gasteiger partial charge in [0.25, 0.3) is 0 Å². The zero-order valence-corrected chi connectivity index (χ0v) is 18.6. The zero-order valence-electron chi connectivity index (χ0n) is 15.5. The molecular weight excluding hydrogens is 481 g/mol. The van der Waals surface area contributed by atoms with E-state index >= 15 is 0 Å². The van der Waals surface area contributed by atoms with Crippen molar-refractivity contribution in [3.05, 3.63) is 35.2 Å². The van der Waals surface area contributed by atoms with Crippen molar-refractivity contribution >= 4 is 41.5 Å². The Morgan fingerprint density at radius 2 is 2.07 bits per heavy atom. The molecule has 0 bridgehead atoms. The summed E-state index contributed by atoms with van der Waals surface area (Å²) in [6.45, 7) is 4.32. The van der Waals surface area contributed by atoms with Crippen LogP contribution in [0.3, 0.4) is 0 Å². The summed E-state index contributed by atoms with van der Waals surface area (Å²) >= 11 is 5.89. The molecule has 0 spiro atoms. The molecule has 1 aromatic carbocycles. The molecule has 2 heterocycles. The van der Waals surface area contributed by atoms with Crippen LogP contribution in [0.2, 0.25) is 5.02 Å². The second kappa shape index (κ2) is 10.2. The highest BCUT2D eigenvalue weighted by molar-refractivity contribution is 14.0. The van der Waals surface area contributed by atoms with Gasteiger partial charge in [-0.15, -0.1) is 24.0 Å². The number of aliphatic imine (C=N–C) groups is 1. The molecule has 1 fully saturated rings. The molecule has 1 aliphatic heterocycles. The number of ether oxygens (including phenoxy) is 1. The van der Waals surface area contributed by atoms with Gasteiger partial charge in [0.2, 0.25) is 11.7 Å². The summed E-state index contributed by atoms with van der Waals surface area (Å²) in [6.07, 6.45) is 2.78. The van der Waals surface area contributed by atoms with Gasteiger partial charge in [-0.05, 0) is 44.0 Å². The number of hydrogen-bond donors (Lipinski definition) is 2. The first-order chi connectivity index (χ1) is 12.6. The third kappa shape index (κ3) is 6.32. The molecule has 1 aliphatic rings. The Morgan fingerprint density at radius 1 is 1.30 bits per heavy atom. The quantitative estimate of drug-likeness (QED) is 0.356. The number of nitrogens with one attached hydrogen (secondary N) is 2. The van der Waals surface area contributed by atoms with E-state index in [0.717, 1.165) is 37.5 Å². The molecule has 148 valence electrons. The maximum Gasteiger partial charge on any atom is 0.228 e. The van der Waals surface area contributed by atoms with E-state index in [1.165, 1.54) is 0 Å². The Kier molecular flexibility index (Phi) is 8.30. The number of halogens is 2. The SMILES string of the molecule is CN=C(NCCc1nc(-c2ccc(Cl)cc2)no1)NCC1(C)CCCO1.I. The van der Waals surface area contributed by atoms with E-state index in [2.05, 4.69) is 32.7 Å². The third-order valence-electron chi connectivity index (χ3n) is 4.36. The molecule has 1 aromatic heterocycles. The van der Waals surface area contributed by atoms with Gasteiger partial charge in [-0.25, -0.2) is 0 Å². The summed E-state index contributed by atoms with van der Waals surface area (Å²) in [6, 6.07) is 7.34. The van der Waals surface area contributed by atoms with Crippen molar-refractivity contribution in [1.82, 2.24) is 20.8 Å². The fraction of sp³-hybridized carbons (Fsp3) is 0.500. The van der Waals surface area contributed by atoms with Gasteiger partial charge >= 0.3 is 0 Å². The van der Waals surface area contributed by atoms with Gasteiger partial charge in [0, 0.05) is 43.8 Å². The predicted octanol–water partition coefficient (Wildman–Crippen LogP) is 3.28. The first-order valence-corrected chi connectivity index (χ1v) is 9.13. The number of hydrogen-bond acceptors (Lipinski definition) is 5. The Morgan fingerprint density at radius 3 is 2.74 bits per heavy atom. The van der Waals surface area contributed by atoms with Gasteiger partial charge in [-0.2, -0.15) is 4.98 Å². The van der Waals surface area contributed by atoms with Crippen LogP contribution < -0.4 is 10.6 Å². The van der Waals surface area contributed by atoms with E-state index in [1.807, 2.05) is 12.1 Å². The van der Waals surface area contributed by atoms with E-state index in [4.69, 9.17) is 20.9 Å². The van der Waals surface area contributed by atoms with Crippen molar-refractivity contribution in [1.29, 1.82) is 0 Å². The normalized spacial score (nSPS) is 19.6. The molecule has 3 rings (SSSR count). The van der Waals surface area contributed by atoms with Crippen molar-refractivity contribution in [2.45, 2.75) is 31.8 Å². The molecule has 1 unspecified atom stereocenters. The number of rotatable bonds is 6. The largest absolute Gasteiger partial charge is 0.373 e. The summed E-state index contributed by atoms with van der Waals surface area (Å²) in [5.41, 5.74) is 0.761. The molecule has 1 atom stereocenters. The van der Waals surface area contributed by atoms with Crippen LogP contribution in [0.5, 0.6) is 0 Å². The van der Waals surface area contributed by atoms with Gasteiger partial charge in [0.05, 0.1) is 5.60 Å². The highest BCUT2D eigenvalue weighted by Gasteiger charge is 2.29. The molecule has 0 radical (unpaired) electrons. The van der Waals surface area contributed by atoms with Crippen LogP contribution in [-0.4, -0.2) is 48.4 Å². The summed E-state index contributed by atoms with van der Waals surface area (Å²) in [5, 5.41) is 11.3. The molecule has 7 nitrogen and oxygen atoms in total. The van der Waals surface area contributed by atoms with Crippen LogP contribution in [0.4, 0.5) is 0 Å². The highest BCUT2D eigenvalue weighted by Crippen LogP contribution is 2.23. The number of aromatic nitrogens is 2. The average molecular weight is 506 g/mol. The molecular formula is C18H25ClIN5O2. The van der Waals surface area contributed by atoms with Gasteiger partial charge in [-0.1, -0.05) is 16.8 Å². The van der Waals surface area contributed by atoms with E-state index in [0.29, 0.717) is 29.7 Å². The Hall–Kier alpha value is -1.39. The summed E-state index contributed by atoms with van der Waals surface area (Å²) in [7, 11) is 1.75. The fourth-order valence-corrected chi connectivity index (χ4v) is 2.95. The van der Waals surface area contributed by atoms with Crippen LogP contribution in [0, 0.1) is 0 Å². The molecule has 0 aliphatic carbocycles. The van der Waals surface area contributed by atoms with Gasteiger partial charge < -0.3 is 19.9 Å². The monoisotopic (exact) mass is 505 g/mol. The maximum atomic E-state index is 5.89. The third-order valence-corrected chi connectivity index (χ3v) is 4.61. The highest BCUT2D eigenvalue weighted by atomic mass is 127. The van der Waals surface area contributed by atoms with E-state index in [1.54, 1.807) is 19.2 Å². The van der Waals surface area contributed by atoms with Crippen molar-refractivity contribution < 1.29 is 9.26 Å². The number of benzene rings is 1. The first kappa shape index (κ1) is 21.9. The molecule has 2 N–H and O–H groups in total. The lowest BCUT2D eigenvalue weighted by Gasteiger charge is -2.24. The van der Waals surface area contributed by atoms with Crippen LogP contribution in [0.25, 0.3) is 11.4 Å². The fourth-order valence-electron chi connectivity index (χ4n) is 2.83. The number of nitrogens with zero attached hydrogens (tertiary/aromatic N) is 3. The Balaban J connectivity index is 0.00000261. The summed E-state index contributed by atoms with van der Waals surface area (Å²) < 4.78 is 11.1. The average Bonchev–Trinajstić information content (AvgIpc) is 3.28. The minimum Gasteiger partial charge on any atom is -0.373 e. The van der Waals surface area contributed by atoms with Crippen molar-refractivity contribution in [3.63, 3.8) is 0 Å². The zero-order chi connectivity index (χ0) is 18.4. The van der Waals surface area contributed by atoms with Gasteiger partial charge in [0.15, 0.2) is 5.96 Å². The van der Waals surface area contributed by atoms with Crippen molar-refractivity contribution in [3.8, 4) is 11.4 Å². The van der Waals surface area contributed by atoms with Crippen LogP contribution in [0.15, 0.2) is 33.8 Å². The number of guanidine groups is 1. The topological polar surface area (TPSA) is 84.6 Å². The van der Waals surface area contributed by atoms with Crippen LogP contribution in [0.1, 0.15) is 25.7 Å². The minimum absolute atomic E-state index is 0.